The highest BCUT2D eigenvalue weighted by atomic mass is 16.5. The molecule has 6 bridgehead atoms. The molecule has 0 saturated heterocycles. The average molecular weight is 517 g/mol. The summed E-state index contributed by atoms with van der Waals surface area (Å²) in [7, 11) is 1.39. The molecule has 0 saturated carbocycles. The summed E-state index contributed by atoms with van der Waals surface area (Å²) in [6, 6.07) is 15.3. The van der Waals surface area contributed by atoms with E-state index >= 15 is 0 Å². The lowest BCUT2D eigenvalue weighted by Crippen LogP contribution is -2.29. The van der Waals surface area contributed by atoms with E-state index < -0.39 is 18.8 Å². The number of phenolic OH excluding ortho intramolecular Hbond substituents is 1. The Bertz CT molecular complexity index is 1480. The van der Waals surface area contributed by atoms with Crippen LogP contribution in [0.3, 0.4) is 0 Å². The van der Waals surface area contributed by atoms with Crippen LogP contribution in [0.4, 0.5) is 0 Å². The predicted octanol–water partition coefficient (Wildman–Crippen LogP) is 3.83. The number of H-pyrrole nitrogens is 1. The number of hydrogen-bond acceptors (Lipinski definition) is 7. The van der Waals surface area contributed by atoms with Crippen LogP contribution in [0.2, 0.25) is 0 Å². The lowest BCUT2D eigenvalue weighted by molar-refractivity contribution is -0.116. The second kappa shape index (κ2) is 10.9. The molecule has 3 heterocycles. The Morgan fingerprint density at radius 3 is 2.61 bits per heavy atom. The van der Waals surface area contributed by atoms with Crippen molar-refractivity contribution >= 4 is 22.9 Å². The number of carbonyl (C=O) groups excluding carboxylic acids is 1. The highest BCUT2D eigenvalue weighted by Gasteiger charge is 2.26. The van der Waals surface area contributed by atoms with E-state index in [2.05, 4.69) is 10.3 Å². The van der Waals surface area contributed by atoms with Crippen LogP contribution in [0.15, 0.2) is 66.9 Å². The second-order valence-electron chi connectivity index (χ2n) is 8.92. The molecule has 0 radical (unpaired) electrons. The third kappa shape index (κ3) is 5.29. The normalized spacial score (nSPS) is 18.8. The molecule has 1 amide bonds. The fourth-order valence-electron chi connectivity index (χ4n) is 4.36. The van der Waals surface area contributed by atoms with Gasteiger partial charge in [0.15, 0.2) is 17.6 Å². The maximum absolute atomic E-state index is 12.3. The standard InChI is InChI=1S/C29H28N2O7/c1-36-24-12-19-13-25(29(24)35)37-20-5-2-17(3-6-20)4-9-27(33)30-11-10-18-15-31-23-8-7-21(14-22(18)23)38-26(16-32)28(19)34/h2-9,12-15,26,28,31-32,34-35H,10-11,16H2,1H3,(H,30,33)/b9-4-/t26-,28+/m1/s1. The molecule has 196 valence electrons. The Balaban J connectivity index is 1.56. The van der Waals surface area contributed by atoms with Crippen LogP contribution in [0.5, 0.6) is 28.7 Å². The Hall–Kier alpha value is -4.47. The van der Waals surface area contributed by atoms with Gasteiger partial charge in [0, 0.05) is 29.7 Å². The molecule has 9 heteroatoms. The van der Waals surface area contributed by atoms with Crippen molar-refractivity contribution in [2.45, 2.75) is 18.6 Å². The third-order valence-electron chi connectivity index (χ3n) is 6.41. The van der Waals surface area contributed by atoms with Crippen LogP contribution in [0.1, 0.15) is 22.8 Å². The van der Waals surface area contributed by atoms with Crippen LogP contribution in [0, 0.1) is 0 Å². The molecule has 9 nitrogen and oxygen atoms in total. The Morgan fingerprint density at radius 1 is 1.05 bits per heavy atom. The van der Waals surface area contributed by atoms with Crippen molar-refractivity contribution < 1.29 is 34.3 Å². The van der Waals surface area contributed by atoms with Crippen molar-refractivity contribution in [1.29, 1.82) is 0 Å². The van der Waals surface area contributed by atoms with E-state index in [4.69, 9.17) is 14.2 Å². The number of ether oxygens (including phenoxy) is 3. The van der Waals surface area contributed by atoms with Gasteiger partial charge in [-0.2, -0.15) is 0 Å². The summed E-state index contributed by atoms with van der Waals surface area (Å²) in [6.45, 7) is -0.0357. The number of aromatic hydroxyl groups is 1. The maximum atomic E-state index is 12.3. The molecule has 3 aromatic carbocycles. The van der Waals surface area contributed by atoms with Gasteiger partial charge in [-0.15, -0.1) is 0 Å². The first-order chi connectivity index (χ1) is 18.4. The molecule has 0 fully saturated rings. The minimum absolute atomic E-state index is 0.0574. The number of rotatable bonds is 2. The number of carbonyl (C=O) groups is 1. The lowest BCUT2D eigenvalue weighted by Gasteiger charge is -2.24. The first-order valence-corrected chi connectivity index (χ1v) is 12.2. The molecule has 2 atom stereocenters. The first kappa shape index (κ1) is 25.2. The zero-order valence-corrected chi connectivity index (χ0v) is 20.7. The molecule has 4 aromatic rings. The second-order valence-corrected chi connectivity index (χ2v) is 8.92. The van der Waals surface area contributed by atoms with Gasteiger partial charge in [-0.25, -0.2) is 0 Å². The summed E-state index contributed by atoms with van der Waals surface area (Å²) >= 11 is 0. The minimum atomic E-state index is -1.27. The van der Waals surface area contributed by atoms with Gasteiger partial charge in [0.25, 0.3) is 0 Å². The topological polar surface area (TPSA) is 133 Å². The van der Waals surface area contributed by atoms with Gasteiger partial charge in [0.1, 0.15) is 17.6 Å². The molecule has 0 aliphatic carbocycles. The number of aromatic amines is 1. The van der Waals surface area contributed by atoms with Crippen LogP contribution >= 0.6 is 0 Å². The molecular formula is C29H28N2O7. The number of amides is 1. The first-order valence-electron chi connectivity index (χ1n) is 12.2. The van der Waals surface area contributed by atoms with Crippen molar-refractivity contribution in [3.05, 3.63) is 83.6 Å². The summed E-state index contributed by atoms with van der Waals surface area (Å²) in [4.78, 5) is 15.5. The molecular weight excluding hydrogens is 488 g/mol. The predicted molar refractivity (Wildman–Crippen MR) is 142 cm³/mol. The quantitative estimate of drug-likeness (QED) is 0.273. The molecule has 2 aliphatic heterocycles. The van der Waals surface area contributed by atoms with E-state index in [9.17, 15) is 20.1 Å². The van der Waals surface area contributed by atoms with Crippen LogP contribution < -0.4 is 19.5 Å². The van der Waals surface area contributed by atoms with Crippen LogP contribution in [-0.4, -0.2) is 52.6 Å². The van der Waals surface area contributed by atoms with Crippen LogP contribution in [0.25, 0.3) is 17.0 Å². The lowest BCUT2D eigenvalue weighted by atomic mass is 10.0. The van der Waals surface area contributed by atoms with Crippen molar-refractivity contribution in [1.82, 2.24) is 10.3 Å². The molecule has 0 unspecified atom stereocenters. The number of hydrogen-bond donors (Lipinski definition) is 5. The third-order valence-corrected chi connectivity index (χ3v) is 6.41. The van der Waals surface area contributed by atoms with Crippen molar-refractivity contribution in [3.63, 3.8) is 0 Å². The van der Waals surface area contributed by atoms with Gasteiger partial charge in [0.05, 0.1) is 13.7 Å². The number of aliphatic hydroxyl groups is 2. The summed E-state index contributed by atoms with van der Waals surface area (Å²) < 4.78 is 17.2. The zero-order chi connectivity index (χ0) is 26.6. The van der Waals surface area contributed by atoms with E-state index in [0.29, 0.717) is 30.0 Å². The van der Waals surface area contributed by atoms with Gasteiger partial charge in [0.2, 0.25) is 11.7 Å². The van der Waals surface area contributed by atoms with Crippen LogP contribution in [-0.2, 0) is 11.2 Å². The summed E-state index contributed by atoms with van der Waals surface area (Å²) in [5.41, 5.74) is 3.00. The Kier molecular flexibility index (Phi) is 7.21. The molecule has 2 aliphatic rings. The van der Waals surface area contributed by atoms with E-state index in [1.165, 1.54) is 25.3 Å². The zero-order valence-electron chi connectivity index (χ0n) is 20.7. The Labute approximate surface area is 218 Å². The van der Waals surface area contributed by atoms with E-state index in [-0.39, 0.29) is 23.2 Å². The highest BCUT2D eigenvalue weighted by molar-refractivity contribution is 5.91. The van der Waals surface area contributed by atoms with E-state index in [1.807, 2.05) is 18.3 Å². The number of phenols is 1. The number of aliphatic hydroxyl groups excluding tert-OH is 2. The smallest absolute Gasteiger partial charge is 0.244 e. The number of fused-ring (bicyclic) bond motifs is 8. The van der Waals surface area contributed by atoms with Gasteiger partial charge in [-0.3, -0.25) is 4.79 Å². The summed E-state index contributed by atoms with van der Waals surface area (Å²) in [5.74, 6) is 0.573. The van der Waals surface area contributed by atoms with Gasteiger partial charge in [-0.05, 0) is 71.7 Å². The number of nitrogens with one attached hydrogen (secondary N) is 2. The molecule has 0 spiro atoms. The summed E-state index contributed by atoms with van der Waals surface area (Å²) in [6.07, 6.45) is 3.36. The number of aromatic nitrogens is 1. The fourth-order valence-corrected chi connectivity index (χ4v) is 4.36. The highest BCUT2D eigenvalue weighted by Crippen LogP contribution is 2.42. The average Bonchev–Trinajstić information content (AvgIpc) is 3.33. The van der Waals surface area contributed by atoms with E-state index in [0.717, 1.165) is 22.0 Å². The van der Waals surface area contributed by atoms with Gasteiger partial charge >= 0.3 is 0 Å². The molecule has 6 rings (SSSR count). The fraction of sp³-hybridized carbons (Fsp3) is 0.207. The SMILES string of the molecule is COc1cc2cc(c1O)Oc1ccc(cc1)/C=C\C(=O)NCCc1c[nH]c3ccc(cc13)O[C@H](CO)[C@H]2O. The van der Waals surface area contributed by atoms with E-state index in [1.54, 1.807) is 36.4 Å². The Morgan fingerprint density at radius 2 is 1.84 bits per heavy atom. The van der Waals surface area contributed by atoms with Gasteiger partial charge < -0.3 is 39.8 Å². The molecule has 1 aromatic heterocycles. The number of benzene rings is 3. The minimum Gasteiger partial charge on any atom is -0.502 e. The largest absolute Gasteiger partial charge is 0.502 e. The maximum Gasteiger partial charge on any atom is 0.244 e. The van der Waals surface area contributed by atoms with Gasteiger partial charge in [-0.1, -0.05) is 12.1 Å². The van der Waals surface area contributed by atoms with Crippen molar-refractivity contribution in [3.8, 4) is 28.7 Å². The molecule has 5 N–H and O–H groups in total. The molecule has 38 heavy (non-hydrogen) atoms. The monoisotopic (exact) mass is 516 g/mol. The van der Waals surface area contributed by atoms with Crippen molar-refractivity contribution in [2.24, 2.45) is 0 Å². The number of methoxy groups -OCH3 is 1. The summed E-state index contributed by atoms with van der Waals surface area (Å²) in [5, 5.41) is 35.7. The van der Waals surface area contributed by atoms with Crippen molar-refractivity contribution in [2.75, 3.05) is 20.3 Å².